The molecule has 1 aromatic rings. The number of amides is 1. The topological polar surface area (TPSA) is 57.6 Å². The number of hydrogen-bond acceptors (Lipinski definition) is 2. The van der Waals surface area contributed by atoms with Gasteiger partial charge in [0, 0.05) is 18.2 Å². The molecule has 4 heteroatoms. The van der Waals surface area contributed by atoms with Crippen molar-refractivity contribution in [1.29, 1.82) is 0 Å². The molecular formula is C16H19NO3. The summed E-state index contributed by atoms with van der Waals surface area (Å²) >= 11 is 0. The average molecular weight is 273 g/mol. The van der Waals surface area contributed by atoms with E-state index >= 15 is 0 Å². The van der Waals surface area contributed by atoms with Crippen LogP contribution in [0.3, 0.4) is 0 Å². The average Bonchev–Trinajstić information content (AvgIpc) is 2.90. The van der Waals surface area contributed by atoms with Crippen LogP contribution in [-0.2, 0) is 16.0 Å². The predicted octanol–water partition coefficient (Wildman–Crippen LogP) is 2.47. The van der Waals surface area contributed by atoms with E-state index in [1.165, 1.54) is 5.56 Å². The monoisotopic (exact) mass is 273 g/mol. The van der Waals surface area contributed by atoms with Gasteiger partial charge in [0.1, 0.15) is 0 Å². The zero-order valence-electron chi connectivity index (χ0n) is 11.4. The Balaban J connectivity index is 1.68. The number of para-hydroxylation sites is 1. The number of carboxylic acids is 1. The van der Waals surface area contributed by atoms with Gasteiger partial charge in [0.2, 0.25) is 5.91 Å². The van der Waals surface area contributed by atoms with Gasteiger partial charge < -0.3 is 10.0 Å². The highest BCUT2D eigenvalue weighted by Crippen LogP contribution is 2.34. The zero-order chi connectivity index (χ0) is 14.1. The minimum atomic E-state index is -0.720. The SMILES string of the molecule is O=C(O)C1CCC(C(=O)N2CCc3ccccc32)CC1. The lowest BCUT2D eigenvalue weighted by molar-refractivity contribution is -0.144. The molecular weight excluding hydrogens is 254 g/mol. The van der Waals surface area contributed by atoms with Crippen LogP contribution >= 0.6 is 0 Å². The van der Waals surface area contributed by atoms with Crippen molar-refractivity contribution in [3.8, 4) is 0 Å². The molecule has 20 heavy (non-hydrogen) atoms. The summed E-state index contributed by atoms with van der Waals surface area (Å²) in [5.74, 6) is -0.803. The summed E-state index contributed by atoms with van der Waals surface area (Å²) in [6.07, 6.45) is 3.58. The maximum absolute atomic E-state index is 12.6. The Bertz CT molecular complexity index is 532. The number of carbonyl (C=O) groups is 2. The molecule has 1 saturated carbocycles. The highest BCUT2D eigenvalue weighted by molar-refractivity contribution is 5.97. The van der Waals surface area contributed by atoms with Crippen molar-refractivity contribution in [2.45, 2.75) is 32.1 Å². The molecule has 0 saturated heterocycles. The maximum atomic E-state index is 12.6. The van der Waals surface area contributed by atoms with Crippen molar-refractivity contribution < 1.29 is 14.7 Å². The molecule has 3 rings (SSSR count). The molecule has 0 aromatic heterocycles. The van der Waals surface area contributed by atoms with Crippen molar-refractivity contribution in [3.63, 3.8) is 0 Å². The number of rotatable bonds is 2. The molecule has 0 atom stereocenters. The Morgan fingerprint density at radius 3 is 2.40 bits per heavy atom. The van der Waals surface area contributed by atoms with Gasteiger partial charge >= 0.3 is 5.97 Å². The van der Waals surface area contributed by atoms with Gasteiger partial charge in [0.05, 0.1) is 5.92 Å². The van der Waals surface area contributed by atoms with Crippen molar-refractivity contribution in [3.05, 3.63) is 29.8 Å². The number of nitrogens with zero attached hydrogens (tertiary/aromatic N) is 1. The molecule has 0 bridgehead atoms. The maximum Gasteiger partial charge on any atom is 0.306 e. The number of anilines is 1. The zero-order valence-corrected chi connectivity index (χ0v) is 11.4. The Hall–Kier alpha value is -1.84. The molecule has 2 aliphatic rings. The number of hydrogen-bond donors (Lipinski definition) is 1. The Kier molecular flexibility index (Phi) is 3.47. The third kappa shape index (κ3) is 2.30. The number of carboxylic acid groups (broad SMARTS) is 1. The summed E-state index contributed by atoms with van der Waals surface area (Å²) in [5, 5.41) is 9.01. The van der Waals surface area contributed by atoms with Gasteiger partial charge in [-0.2, -0.15) is 0 Å². The molecule has 1 amide bonds. The van der Waals surface area contributed by atoms with Crippen LogP contribution < -0.4 is 4.90 Å². The van der Waals surface area contributed by atoms with Gasteiger partial charge in [-0.25, -0.2) is 0 Å². The fourth-order valence-corrected chi connectivity index (χ4v) is 3.37. The third-order valence-corrected chi connectivity index (χ3v) is 4.58. The van der Waals surface area contributed by atoms with E-state index in [4.69, 9.17) is 5.11 Å². The predicted molar refractivity (Wildman–Crippen MR) is 75.6 cm³/mol. The molecule has 1 aliphatic carbocycles. The Morgan fingerprint density at radius 1 is 1.05 bits per heavy atom. The van der Waals surface area contributed by atoms with E-state index in [1.54, 1.807) is 0 Å². The number of benzene rings is 1. The van der Waals surface area contributed by atoms with Crippen LogP contribution in [0.25, 0.3) is 0 Å². The van der Waals surface area contributed by atoms with E-state index in [1.807, 2.05) is 23.1 Å². The summed E-state index contributed by atoms with van der Waals surface area (Å²) in [5.41, 5.74) is 2.28. The highest BCUT2D eigenvalue weighted by atomic mass is 16.4. The van der Waals surface area contributed by atoms with E-state index in [0.29, 0.717) is 25.7 Å². The minimum Gasteiger partial charge on any atom is -0.481 e. The standard InChI is InChI=1S/C16H19NO3/c18-15(12-5-7-13(8-6-12)16(19)20)17-10-9-11-3-1-2-4-14(11)17/h1-4,12-13H,5-10H2,(H,19,20). The second-order valence-electron chi connectivity index (χ2n) is 5.76. The van der Waals surface area contributed by atoms with Gasteiger partial charge in [-0.1, -0.05) is 18.2 Å². The van der Waals surface area contributed by atoms with E-state index < -0.39 is 5.97 Å². The number of aliphatic carboxylic acids is 1. The second-order valence-corrected chi connectivity index (χ2v) is 5.76. The first-order chi connectivity index (χ1) is 9.66. The van der Waals surface area contributed by atoms with Gasteiger partial charge in [0.15, 0.2) is 0 Å². The highest BCUT2D eigenvalue weighted by Gasteiger charge is 2.34. The minimum absolute atomic E-state index is 0.00300. The van der Waals surface area contributed by atoms with Crippen LogP contribution in [0.15, 0.2) is 24.3 Å². The van der Waals surface area contributed by atoms with Crippen LogP contribution in [0, 0.1) is 11.8 Å². The molecule has 0 unspecified atom stereocenters. The first-order valence-corrected chi connectivity index (χ1v) is 7.29. The van der Waals surface area contributed by atoms with E-state index in [-0.39, 0.29) is 17.7 Å². The second kappa shape index (κ2) is 5.27. The van der Waals surface area contributed by atoms with Gasteiger partial charge in [-0.3, -0.25) is 9.59 Å². The quantitative estimate of drug-likeness (QED) is 0.900. The first-order valence-electron chi connectivity index (χ1n) is 7.29. The first kappa shape index (κ1) is 13.2. The molecule has 4 nitrogen and oxygen atoms in total. The van der Waals surface area contributed by atoms with Crippen molar-refractivity contribution in [2.24, 2.45) is 11.8 Å². The molecule has 1 aromatic carbocycles. The fourth-order valence-electron chi connectivity index (χ4n) is 3.37. The van der Waals surface area contributed by atoms with Gasteiger partial charge in [-0.05, 0) is 43.7 Å². The Morgan fingerprint density at radius 2 is 1.70 bits per heavy atom. The van der Waals surface area contributed by atoms with Crippen LogP contribution in [0.4, 0.5) is 5.69 Å². The largest absolute Gasteiger partial charge is 0.481 e. The molecule has 106 valence electrons. The van der Waals surface area contributed by atoms with Crippen molar-refractivity contribution >= 4 is 17.6 Å². The van der Waals surface area contributed by atoms with Crippen LogP contribution in [0.5, 0.6) is 0 Å². The lowest BCUT2D eigenvalue weighted by atomic mass is 9.81. The summed E-state index contributed by atoms with van der Waals surface area (Å²) in [4.78, 5) is 25.5. The van der Waals surface area contributed by atoms with E-state index in [2.05, 4.69) is 6.07 Å². The molecule has 1 N–H and O–H groups in total. The molecule has 1 heterocycles. The van der Waals surface area contributed by atoms with Crippen molar-refractivity contribution in [1.82, 2.24) is 0 Å². The summed E-state index contributed by atoms with van der Waals surface area (Å²) in [6, 6.07) is 8.05. The summed E-state index contributed by atoms with van der Waals surface area (Å²) in [6.45, 7) is 0.761. The van der Waals surface area contributed by atoms with Gasteiger partial charge in [0.25, 0.3) is 0 Å². The Labute approximate surface area is 118 Å². The van der Waals surface area contributed by atoms with E-state index in [0.717, 1.165) is 18.7 Å². The van der Waals surface area contributed by atoms with Crippen LogP contribution in [0.1, 0.15) is 31.2 Å². The van der Waals surface area contributed by atoms with Gasteiger partial charge in [-0.15, -0.1) is 0 Å². The molecule has 0 spiro atoms. The fraction of sp³-hybridized carbons (Fsp3) is 0.500. The van der Waals surface area contributed by atoms with Crippen LogP contribution in [-0.4, -0.2) is 23.5 Å². The smallest absolute Gasteiger partial charge is 0.306 e. The lowest BCUT2D eigenvalue weighted by Gasteiger charge is -2.29. The normalized spacial score (nSPS) is 25.3. The lowest BCUT2D eigenvalue weighted by Crippen LogP contribution is -2.37. The third-order valence-electron chi connectivity index (χ3n) is 4.58. The molecule has 1 aliphatic heterocycles. The number of carbonyl (C=O) groups excluding carboxylic acids is 1. The summed E-state index contributed by atoms with van der Waals surface area (Å²) < 4.78 is 0. The van der Waals surface area contributed by atoms with Crippen molar-refractivity contribution in [2.75, 3.05) is 11.4 Å². The summed E-state index contributed by atoms with van der Waals surface area (Å²) in [7, 11) is 0. The number of fused-ring (bicyclic) bond motifs is 1. The molecule has 0 radical (unpaired) electrons. The molecule has 1 fully saturated rings. The van der Waals surface area contributed by atoms with E-state index in [9.17, 15) is 9.59 Å². The van der Waals surface area contributed by atoms with Crippen LogP contribution in [0.2, 0.25) is 0 Å².